The third-order valence-corrected chi connectivity index (χ3v) is 3.99. The highest BCUT2D eigenvalue weighted by molar-refractivity contribution is 9.11. The Hall–Kier alpha value is -0.350. The number of aryl methyl sites for hydroxylation is 2. The average Bonchev–Trinajstić information content (AvgIpc) is 2.44. The van der Waals surface area contributed by atoms with Crippen molar-refractivity contribution in [3.05, 3.63) is 20.3 Å². The van der Waals surface area contributed by atoms with Crippen LogP contribution in [0.5, 0.6) is 0 Å². The van der Waals surface area contributed by atoms with Gasteiger partial charge in [0.1, 0.15) is 0 Å². The molecule has 78 valence electrons. The molecular weight excluding hydrogens is 264 g/mol. The lowest BCUT2D eigenvalue weighted by atomic mass is 10.2. The van der Waals surface area contributed by atoms with Gasteiger partial charge in [-0.25, -0.2) is 0 Å². The lowest BCUT2D eigenvalue weighted by Gasteiger charge is -1.99. The number of thiophene rings is 1. The number of hydrogen-bond donors (Lipinski definition) is 0. The molecule has 0 fully saturated rings. The Morgan fingerprint density at radius 1 is 1.64 bits per heavy atom. The maximum atomic E-state index is 11.1. The van der Waals surface area contributed by atoms with Gasteiger partial charge < -0.3 is 4.74 Å². The van der Waals surface area contributed by atoms with E-state index in [2.05, 4.69) is 28.9 Å². The maximum absolute atomic E-state index is 11.1. The summed E-state index contributed by atoms with van der Waals surface area (Å²) < 4.78 is 6.00. The molecule has 1 rings (SSSR count). The fourth-order valence-electron chi connectivity index (χ4n) is 1.10. The number of esters is 1. The van der Waals surface area contributed by atoms with Crippen molar-refractivity contribution in [1.82, 2.24) is 0 Å². The number of rotatable bonds is 4. The van der Waals surface area contributed by atoms with Gasteiger partial charge in [-0.15, -0.1) is 11.3 Å². The van der Waals surface area contributed by atoms with Crippen LogP contribution in [-0.2, 0) is 16.0 Å². The van der Waals surface area contributed by atoms with E-state index in [1.165, 1.54) is 10.4 Å². The van der Waals surface area contributed by atoms with E-state index in [0.29, 0.717) is 13.0 Å². The van der Waals surface area contributed by atoms with Crippen LogP contribution in [-0.4, -0.2) is 12.6 Å². The van der Waals surface area contributed by atoms with E-state index in [1.807, 2.05) is 6.92 Å². The molecule has 0 bridgehead atoms. The lowest BCUT2D eigenvalue weighted by molar-refractivity contribution is -0.143. The summed E-state index contributed by atoms with van der Waals surface area (Å²) in [5.41, 5.74) is 1.23. The van der Waals surface area contributed by atoms with Gasteiger partial charge in [0, 0.05) is 4.88 Å². The van der Waals surface area contributed by atoms with E-state index < -0.39 is 0 Å². The molecule has 0 aromatic carbocycles. The molecule has 0 saturated heterocycles. The van der Waals surface area contributed by atoms with Crippen molar-refractivity contribution < 1.29 is 9.53 Å². The summed E-state index contributed by atoms with van der Waals surface area (Å²) in [6.45, 7) is 4.34. The summed E-state index contributed by atoms with van der Waals surface area (Å²) in [6, 6.07) is 2.11. The molecule has 0 radical (unpaired) electrons. The van der Waals surface area contributed by atoms with Crippen LogP contribution in [0.4, 0.5) is 0 Å². The predicted molar refractivity (Wildman–Crippen MR) is 61.7 cm³/mol. The van der Waals surface area contributed by atoms with Gasteiger partial charge in [-0.1, -0.05) is 0 Å². The van der Waals surface area contributed by atoms with E-state index in [0.717, 1.165) is 10.2 Å². The standard InChI is InChI=1S/C10H13BrO2S/c1-3-13-9(12)5-4-8-6-7(2)10(11)14-8/h6H,3-5H2,1-2H3. The summed E-state index contributed by atoms with van der Waals surface area (Å²) in [6.07, 6.45) is 1.25. The van der Waals surface area contributed by atoms with Gasteiger partial charge in [0.15, 0.2) is 0 Å². The zero-order chi connectivity index (χ0) is 10.6. The Bertz CT molecular complexity index is 300. The van der Waals surface area contributed by atoms with Crippen LogP contribution < -0.4 is 0 Å². The van der Waals surface area contributed by atoms with Crippen LogP contribution in [0.15, 0.2) is 9.85 Å². The molecule has 0 amide bonds. The number of halogens is 1. The summed E-state index contributed by atoms with van der Waals surface area (Å²) in [7, 11) is 0. The molecule has 0 aliphatic carbocycles. The van der Waals surface area contributed by atoms with Crippen LogP contribution in [0.3, 0.4) is 0 Å². The zero-order valence-corrected chi connectivity index (χ0v) is 10.7. The minimum atomic E-state index is -0.116. The SMILES string of the molecule is CCOC(=O)CCc1cc(C)c(Br)s1. The first kappa shape index (κ1) is 11.7. The molecule has 0 saturated carbocycles. The van der Waals surface area contributed by atoms with Gasteiger partial charge in [-0.2, -0.15) is 0 Å². The van der Waals surface area contributed by atoms with Crippen molar-refractivity contribution in [2.24, 2.45) is 0 Å². The minimum Gasteiger partial charge on any atom is -0.466 e. The van der Waals surface area contributed by atoms with E-state index >= 15 is 0 Å². The van der Waals surface area contributed by atoms with Gasteiger partial charge in [-0.3, -0.25) is 4.79 Å². The molecular formula is C10H13BrO2S. The normalized spacial score (nSPS) is 10.2. The lowest BCUT2D eigenvalue weighted by Crippen LogP contribution is -2.04. The highest BCUT2D eigenvalue weighted by Crippen LogP contribution is 2.28. The van der Waals surface area contributed by atoms with E-state index in [4.69, 9.17) is 4.74 Å². The van der Waals surface area contributed by atoms with Crippen molar-refractivity contribution in [3.63, 3.8) is 0 Å². The van der Waals surface area contributed by atoms with E-state index in [9.17, 15) is 4.79 Å². The molecule has 2 nitrogen and oxygen atoms in total. The highest BCUT2D eigenvalue weighted by Gasteiger charge is 2.06. The molecule has 14 heavy (non-hydrogen) atoms. The number of carbonyl (C=O) groups is 1. The summed E-state index contributed by atoms with van der Waals surface area (Å²) in [4.78, 5) is 12.3. The Balaban J connectivity index is 2.42. The summed E-state index contributed by atoms with van der Waals surface area (Å²) in [5, 5.41) is 0. The Labute approximate surface area is 96.4 Å². The first-order valence-corrected chi connectivity index (χ1v) is 6.15. The van der Waals surface area contributed by atoms with Crippen molar-refractivity contribution >= 4 is 33.2 Å². The van der Waals surface area contributed by atoms with Gasteiger partial charge in [0.25, 0.3) is 0 Å². The number of hydrogen-bond acceptors (Lipinski definition) is 3. The first-order valence-electron chi connectivity index (χ1n) is 4.54. The summed E-state index contributed by atoms with van der Waals surface area (Å²) >= 11 is 5.14. The largest absolute Gasteiger partial charge is 0.466 e. The second kappa shape index (κ2) is 5.51. The van der Waals surface area contributed by atoms with Crippen LogP contribution >= 0.6 is 27.3 Å². The van der Waals surface area contributed by atoms with Crippen molar-refractivity contribution in [1.29, 1.82) is 0 Å². The second-order valence-corrected chi connectivity index (χ2v) is 5.43. The molecule has 0 aliphatic heterocycles. The number of carbonyl (C=O) groups excluding carboxylic acids is 1. The molecule has 0 aliphatic rings. The first-order chi connectivity index (χ1) is 6.63. The van der Waals surface area contributed by atoms with Crippen molar-refractivity contribution in [2.75, 3.05) is 6.61 Å². The molecule has 0 atom stereocenters. The highest BCUT2D eigenvalue weighted by atomic mass is 79.9. The molecule has 1 aromatic rings. The topological polar surface area (TPSA) is 26.3 Å². The quantitative estimate of drug-likeness (QED) is 0.789. The van der Waals surface area contributed by atoms with Crippen LogP contribution in [0, 0.1) is 6.92 Å². The number of ether oxygens (including phenoxy) is 1. The molecule has 1 aromatic heterocycles. The Morgan fingerprint density at radius 3 is 2.86 bits per heavy atom. The zero-order valence-electron chi connectivity index (χ0n) is 8.30. The van der Waals surface area contributed by atoms with Crippen molar-refractivity contribution in [2.45, 2.75) is 26.7 Å². The van der Waals surface area contributed by atoms with E-state index in [-0.39, 0.29) is 5.97 Å². The molecule has 4 heteroatoms. The molecule has 0 unspecified atom stereocenters. The van der Waals surface area contributed by atoms with Crippen LogP contribution in [0.1, 0.15) is 23.8 Å². The van der Waals surface area contributed by atoms with Crippen LogP contribution in [0.2, 0.25) is 0 Å². The Morgan fingerprint density at radius 2 is 2.36 bits per heavy atom. The van der Waals surface area contributed by atoms with Gasteiger partial charge >= 0.3 is 5.97 Å². The minimum absolute atomic E-state index is 0.116. The Kier molecular flexibility index (Phi) is 4.62. The molecule has 0 spiro atoms. The predicted octanol–water partition coefficient (Wildman–Crippen LogP) is 3.31. The fraction of sp³-hybridized carbons (Fsp3) is 0.500. The molecule has 1 heterocycles. The van der Waals surface area contributed by atoms with Gasteiger partial charge in [0.2, 0.25) is 0 Å². The monoisotopic (exact) mass is 276 g/mol. The maximum Gasteiger partial charge on any atom is 0.306 e. The van der Waals surface area contributed by atoms with Gasteiger partial charge in [-0.05, 0) is 47.8 Å². The third kappa shape index (κ3) is 3.42. The third-order valence-electron chi connectivity index (χ3n) is 1.79. The smallest absolute Gasteiger partial charge is 0.306 e. The average molecular weight is 277 g/mol. The van der Waals surface area contributed by atoms with Crippen molar-refractivity contribution in [3.8, 4) is 0 Å². The fourth-order valence-corrected chi connectivity index (χ4v) is 2.73. The summed E-state index contributed by atoms with van der Waals surface area (Å²) in [5.74, 6) is -0.116. The van der Waals surface area contributed by atoms with Crippen LogP contribution in [0.25, 0.3) is 0 Å². The van der Waals surface area contributed by atoms with Gasteiger partial charge in [0.05, 0.1) is 16.8 Å². The second-order valence-electron chi connectivity index (χ2n) is 2.97. The van der Waals surface area contributed by atoms with E-state index in [1.54, 1.807) is 11.3 Å². The molecule has 0 N–H and O–H groups in total.